The molecule has 1 aromatic carbocycles. The van der Waals surface area contributed by atoms with Gasteiger partial charge >= 0.3 is 6.01 Å². The van der Waals surface area contributed by atoms with Crippen molar-refractivity contribution in [3.63, 3.8) is 0 Å². The minimum absolute atomic E-state index is 0.128. The minimum atomic E-state index is -0.303. The Morgan fingerprint density at radius 1 is 1.10 bits per heavy atom. The maximum atomic E-state index is 13.0. The molecule has 0 unspecified atom stereocenters. The number of hydrogen-bond donors (Lipinski definition) is 2. The number of nitrogens with two attached hydrogens (primary N) is 1. The van der Waals surface area contributed by atoms with E-state index in [0.717, 1.165) is 5.52 Å². The number of aryl methyl sites for hydroxylation is 2. The smallest absolute Gasteiger partial charge is 0.302 e. The van der Waals surface area contributed by atoms with Crippen LogP contribution in [0.5, 0.6) is 0 Å². The van der Waals surface area contributed by atoms with E-state index in [2.05, 4.69) is 20.3 Å². The number of para-hydroxylation sites is 2. The van der Waals surface area contributed by atoms with Gasteiger partial charge in [0.1, 0.15) is 5.52 Å². The molecular formula is C20H22N6O3. The number of piperidine rings is 1. The molecule has 1 aliphatic heterocycles. The van der Waals surface area contributed by atoms with E-state index in [-0.39, 0.29) is 23.7 Å². The van der Waals surface area contributed by atoms with E-state index in [1.165, 1.54) is 0 Å². The molecule has 3 N–H and O–H groups in total. The lowest BCUT2D eigenvalue weighted by Gasteiger charge is -2.31. The first kappa shape index (κ1) is 18.9. The zero-order valence-corrected chi connectivity index (χ0v) is 16.3. The molecule has 4 rings (SSSR count). The van der Waals surface area contributed by atoms with Gasteiger partial charge < -0.3 is 15.1 Å². The number of fused-ring (bicyclic) bond motifs is 1. The molecule has 0 aliphatic carbocycles. The van der Waals surface area contributed by atoms with Gasteiger partial charge in [-0.3, -0.25) is 14.9 Å². The SMILES string of the molecule is Cc1nc(Nc2nc3ccccc3o2)nc(C)c1C(=O)N1CCC(C(N)=O)CC1. The van der Waals surface area contributed by atoms with E-state index >= 15 is 0 Å². The second-order valence-corrected chi connectivity index (χ2v) is 7.17. The summed E-state index contributed by atoms with van der Waals surface area (Å²) in [5.41, 5.74) is 8.38. The van der Waals surface area contributed by atoms with Gasteiger partial charge in [0.05, 0.1) is 17.0 Å². The van der Waals surface area contributed by atoms with Crippen LogP contribution in [0.3, 0.4) is 0 Å². The molecule has 0 bridgehead atoms. The fourth-order valence-electron chi connectivity index (χ4n) is 3.63. The molecule has 9 nitrogen and oxygen atoms in total. The number of primary amides is 1. The number of anilines is 2. The predicted molar refractivity (Wildman–Crippen MR) is 107 cm³/mol. The highest BCUT2D eigenvalue weighted by Crippen LogP contribution is 2.24. The Balaban J connectivity index is 1.52. The first-order chi connectivity index (χ1) is 13.9. The Hall–Kier alpha value is -3.49. The van der Waals surface area contributed by atoms with Crippen LogP contribution in [-0.4, -0.2) is 44.8 Å². The van der Waals surface area contributed by atoms with Gasteiger partial charge in [0.15, 0.2) is 5.58 Å². The third kappa shape index (κ3) is 3.75. The highest BCUT2D eigenvalue weighted by Gasteiger charge is 2.28. The number of likely N-dealkylation sites (tertiary alicyclic amines) is 1. The van der Waals surface area contributed by atoms with E-state index in [0.29, 0.717) is 54.4 Å². The quantitative estimate of drug-likeness (QED) is 0.695. The molecule has 0 spiro atoms. The van der Waals surface area contributed by atoms with Crippen LogP contribution in [0.4, 0.5) is 12.0 Å². The fraction of sp³-hybridized carbons (Fsp3) is 0.350. The molecule has 3 heterocycles. The van der Waals surface area contributed by atoms with Crippen molar-refractivity contribution < 1.29 is 14.0 Å². The van der Waals surface area contributed by atoms with Crippen molar-refractivity contribution >= 4 is 34.9 Å². The summed E-state index contributed by atoms with van der Waals surface area (Å²) in [6.45, 7) is 4.53. The Morgan fingerprint density at radius 3 is 2.38 bits per heavy atom. The van der Waals surface area contributed by atoms with E-state index in [4.69, 9.17) is 10.2 Å². The number of carbonyl (C=O) groups is 2. The Labute approximate surface area is 167 Å². The van der Waals surface area contributed by atoms with Crippen LogP contribution >= 0.6 is 0 Å². The van der Waals surface area contributed by atoms with Crippen molar-refractivity contribution in [2.45, 2.75) is 26.7 Å². The Morgan fingerprint density at radius 2 is 1.76 bits per heavy atom. The van der Waals surface area contributed by atoms with Crippen LogP contribution in [0.25, 0.3) is 11.1 Å². The minimum Gasteiger partial charge on any atom is -0.423 e. The lowest BCUT2D eigenvalue weighted by atomic mass is 9.95. The van der Waals surface area contributed by atoms with E-state index in [1.807, 2.05) is 24.3 Å². The highest BCUT2D eigenvalue weighted by atomic mass is 16.4. The first-order valence-electron chi connectivity index (χ1n) is 9.49. The molecule has 3 aromatic rings. The number of amides is 2. The van der Waals surface area contributed by atoms with Crippen molar-refractivity contribution in [3.8, 4) is 0 Å². The van der Waals surface area contributed by atoms with Gasteiger partial charge in [0.25, 0.3) is 5.91 Å². The molecule has 1 aliphatic rings. The standard InChI is InChI=1S/C20H22N6O3/c1-11-16(18(28)26-9-7-13(8-10-26)17(21)27)12(2)23-19(22-11)25-20-24-14-5-3-4-6-15(14)29-20/h3-6,13H,7-10H2,1-2H3,(H2,21,27)(H,22,23,24,25). The van der Waals surface area contributed by atoms with E-state index in [9.17, 15) is 9.59 Å². The van der Waals surface area contributed by atoms with Crippen molar-refractivity contribution in [3.05, 3.63) is 41.2 Å². The van der Waals surface area contributed by atoms with Crippen LogP contribution in [0.15, 0.2) is 28.7 Å². The zero-order valence-electron chi connectivity index (χ0n) is 16.3. The second-order valence-electron chi connectivity index (χ2n) is 7.17. The summed E-state index contributed by atoms with van der Waals surface area (Å²) in [6.07, 6.45) is 1.16. The number of rotatable bonds is 4. The van der Waals surface area contributed by atoms with Gasteiger partial charge in [0, 0.05) is 19.0 Å². The normalized spacial score (nSPS) is 14.9. The fourth-order valence-corrected chi connectivity index (χ4v) is 3.63. The summed E-state index contributed by atoms with van der Waals surface area (Å²) in [5.74, 6) is -0.283. The summed E-state index contributed by atoms with van der Waals surface area (Å²) < 4.78 is 5.64. The molecule has 9 heteroatoms. The third-order valence-electron chi connectivity index (χ3n) is 5.18. The average molecular weight is 394 g/mol. The molecule has 29 heavy (non-hydrogen) atoms. The maximum absolute atomic E-state index is 13.0. The van der Waals surface area contributed by atoms with E-state index in [1.54, 1.807) is 18.7 Å². The zero-order chi connectivity index (χ0) is 20.5. The summed E-state index contributed by atoms with van der Waals surface area (Å²) in [7, 11) is 0. The summed E-state index contributed by atoms with van der Waals surface area (Å²) in [6, 6.07) is 7.72. The van der Waals surface area contributed by atoms with Crippen LogP contribution in [0.1, 0.15) is 34.6 Å². The molecule has 2 amide bonds. The number of hydrogen-bond acceptors (Lipinski definition) is 7. The third-order valence-corrected chi connectivity index (χ3v) is 5.18. The number of oxazole rings is 1. The molecule has 1 saturated heterocycles. The largest absolute Gasteiger partial charge is 0.423 e. The maximum Gasteiger partial charge on any atom is 0.302 e. The van der Waals surface area contributed by atoms with Crippen molar-refractivity contribution in [2.75, 3.05) is 18.4 Å². The molecule has 0 saturated carbocycles. The van der Waals surface area contributed by atoms with Gasteiger partial charge in [-0.1, -0.05) is 12.1 Å². The molecule has 150 valence electrons. The number of nitrogens with one attached hydrogen (secondary N) is 1. The van der Waals surface area contributed by atoms with Crippen LogP contribution in [0, 0.1) is 19.8 Å². The van der Waals surface area contributed by atoms with Crippen molar-refractivity contribution in [1.82, 2.24) is 19.9 Å². The van der Waals surface area contributed by atoms with Gasteiger partial charge in [0.2, 0.25) is 11.9 Å². The van der Waals surface area contributed by atoms with Crippen molar-refractivity contribution in [1.29, 1.82) is 0 Å². The molecule has 1 fully saturated rings. The lowest BCUT2D eigenvalue weighted by molar-refractivity contribution is -0.123. The van der Waals surface area contributed by atoms with Crippen molar-refractivity contribution in [2.24, 2.45) is 11.7 Å². The number of carbonyl (C=O) groups excluding carboxylic acids is 2. The predicted octanol–water partition coefficient (Wildman–Crippen LogP) is 2.32. The number of aromatic nitrogens is 3. The Bertz CT molecular complexity index is 1030. The summed E-state index contributed by atoms with van der Waals surface area (Å²) >= 11 is 0. The number of benzene rings is 1. The first-order valence-corrected chi connectivity index (χ1v) is 9.49. The molecule has 0 atom stereocenters. The van der Waals surface area contributed by atoms with Crippen LogP contribution in [0.2, 0.25) is 0 Å². The summed E-state index contributed by atoms with van der Waals surface area (Å²) in [5, 5.41) is 2.96. The summed E-state index contributed by atoms with van der Waals surface area (Å²) in [4.78, 5) is 39.2. The number of nitrogens with zero attached hydrogens (tertiary/aromatic N) is 4. The van der Waals surface area contributed by atoms with Crippen LogP contribution < -0.4 is 11.1 Å². The molecule has 2 aromatic heterocycles. The van der Waals surface area contributed by atoms with Gasteiger partial charge in [-0.05, 0) is 38.8 Å². The molecular weight excluding hydrogens is 372 g/mol. The average Bonchev–Trinajstić information content (AvgIpc) is 3.09. The second kappa shape index (κ2) is 7.50. The van der Waals surface area contributed by atoms with Crippen LogP contribution in [-0.2, 0) is 4.79 Å². The highest BCUT2D eigenvalue weighted by molar-refractivity contribution is 5.96. The van der Waals surface area contributed by atoms with E-state index < -0.39 is 0 Å². The molecule has 0 radical (unpaired) electrons. The van der Waals surface area contributed by atoms with Gasteiger partial charge in [-0.25, -0.2) is 9.97 Å². The van der Waals surface area contributed by atoms with Gasteiger partial charge in [-0.15, -0.1) is 0 Å². The lowest BCUT2D eigenvalue weighted by Crippen LogP contribution is -2.42. The monoisotopic (exact) mass is 394 g/mol. The Kier molecular flexibility index (Phi) is 4.87. The topological polar surface area (TPSA) is 127 Å². The van der Waals surface area contributed by atoms with Gasteiger partial charge in [-0.2, -0.15) is 4.98 Å².